The predicted octanol–water partition coefficient (Wildman–Crippen LogP) is 8.04. The van der Waals surface area contributed by atoms with Crippen molar-refractivity contribution in [3.05, 3.63) is 82.9 Å². The molecule has 0 saturated carbocycles. The van der Waals surface area contributed by atoms with Gasteiger partial charge in [0.1, 0.15) is 5.82 Å². The van der Waals surface area contributed by atoms with Crippen LogP contribution in [0.5, 0.6) is 0 Å². The van der Waals surface area contributed by atoms with Crippen molar-refractivity contribution in [2.24, 2.45) is 5.41 Å². The molecule has 0 aliphatic carbocycles. The molecular formula is C31H29ClFN3O3. The van der Waals surface area contributed by atoms with E-state index in [0.29, 0.717) is 16.1 Å². The van der Waals surface area contributed by atoms with Crippen molar-refractivity contribution in [1.29, 1.82) is 0 Å². The van der Waals surface area contributed by atoms with Crippen LogP contribution in [0.2, 0.25) is 5.02 Å². The Morgan fingerprint density at radius 2 is 1.69 bits per heavy atom. The van der Waals surface area contributed by atoms with Gasteiger partial charge in [-0.1, -0.05) is 52.3 Å². The Bertz CT molecular complexity index is 1760. The second-order valence-corrected chi connectivity index (χ2v) is 11.4. The number of hydrogen-bond acceptors (Lipinski definition) is 4. The number of halogens is 2. The molecule has 0 amide bonds. The van der Waals surface area contributed by atoms with Gasteiger partial charge in [-0.15, -0.1) is 0 Å². The molecule has 0 radical (unpaired) electrons. The van der Waals surface area contributed by atoms with Crippen LogP contribution in [0.1, 0.15) is 61.4 Å². The molecule has 0 unspecified atom stereocenters. The van der Waals surface area contributed by atoms with E-state index in [9.17, 15) is 14.0 Å². The molecule has 200 valence electrons. The minimum Gasteiger partial charge on any atom is -0.465 e. The lowest BCUT2D eigenvalue weighted by Crippen LogP contribution is -2.27. The first-order valence-electron chi connectivity index (χ1n) is 12.7. The molecule has 0 bridgehead atoms. The highest BCUT2D eigenvalue weighted by molar-refractivity contribution is 6.34. The Labute approximate surface area is 230 Å². The molecule has 5 rings (SSSR count). The Hall–Kier alpha value is -3.97. The minimum absolute atomic E-state index is 0.0321. The summed E-state index contributed by atoms with van der Waals surface area (Å²) in [6, 6.07) is 15.4. The summed E-state index contributed by atoms with van der Waals surface area (Å²) in [5.74, 6) is -0.898. The van der Waals surface area contributed by atoms with Crippen LogP contribution in [0.25, 0.3) is 38.6 Å². The lowest BCUT2D eigenvalue weighted by molar-refractivity contribution is 0.0600. The standard InChI is InChI=1S/C31H29ClFN3O3/c1-17(2)28-27(22-12-7-18(13-24(22)32)29(37)39-6)23-15-25-19(16-34-36(25)30(38)31(3,4)5)14-26(23)35(28)21-10-8-20(33)9-11-21/h7-17H,1-6H3. The lowest BCUT2D eigenvalue weighted by Gasteiger charge is -2.16. The van der Waals surface area contributed by atoms with Gasteiger partial charge in [-0.05, 0) is 54.4 Å². The number of aromatic nitrogens is 3. The molecular weight excluding hydrogens is 517 g/mol. The summed E-state index contributed by atoms with van der Waals surface area (Å²) in [5, 5.41) is 6.47. The number of benzene rings is 3. The third-order valence-electron chi connectivity index (χ3n) is 6.82. The first-order chi connectivity index (χ1) is 18.4. The number of ether oxygens (including phenoxy) is 1. The van der Waals surface area contributed by atoms with Gasteiger partial charge in [0.15, 0.2) is 0 Å². The average molecular weight is 546 g/mol. The van der Waals surface area contributed by atoms with E-state index in [4.69, 9.17) is 16.3 Å². The molecule has 0 saturated heterocycles. The van der Waals surface area contributed by atoms with Crippen LogP contribution in [-0.4, -0.2) is 33.3 Å². The zero-order chi connectivity index (χ0) is 28.2. The Morgan fingerprint density at radius 3 is 2.28 bits per heavy atom. The van der Waals surface area contributed by atoms with Gasteiger partial charge >= 0.3 is 5.97 Å². The highest BCUT2D eigenvalue weighted by atomic mass is 35.5. The molecule has 8 heteroatoms. The molecule has 6 nitrogen and oxygen atoms in total. The van der Waals surface area contributed by atoms with Crippen molar-refractivity contribution in [3.63, 3.8) is 0 Å². The zero-order valence-corrected chi connectivity index (χ0v) is 23.4. The summed E-state index contributed by atoms with van der Waals surface area (Å²) in [4.78, 5) is 25.4. The predicted molar refractivity (Wildman–Crippen MR) is 152 cm³/mol. The molecule has 0 fully saturated rings. The van der Waals surface area contributed by atoms with Crippen LogP contribution in [0.4, 0.5) is 4.39 Å². The van der Waals surface area contributed by atoms with Gasteiger partial charge in [0, 0.05) is 43.7 Å². The van der Waals surface area contributed by atoms with Crippen molar-refractivity contribution in [2.45, 2.75) is 40.5 Å². The lowest BCUT2D eigenvalue weighted by atomic mass is 9.95. The van der Waals surface area contributed by atoms with Crippen molar-refractivity contribution in [3.8, 4) is 16.8 Å². The van der Waals surface area contributed by atoms with E-state index in [-0.39, 0.29) is 17.6 Å². The van der Waals surface area contributed by atoms with Crippen LogP contribution < -0.4 is 0 Å². The highest BCUT2D eigenvalue weighted by Gasteiger charge is 2.28. The van der Waals surface area contributed by atoms with Crippen molar-refractivity contribution < 1.29 is 18.7 Å². The largest absolute Gasteiger partial charge is 0.465 e. The monoisotopic (exact) mass is 545 g/mol. The number of carbonyl (C=O) groups is 2. The van der Waals surface area contributed by atoms with E-state index < -0.39 is 11.4 Å². The summed E-state index contributed by atoms with van der Waals surface area (Å²) >= 11 is 6.82. The van der Waals surface area contributed by atoms with Crippen LogP contribution in [0.15, 0.2) is 60.8 Å². The van der Waals surface area contributed by atoms with Gasteiger partial charge in [-0.3, -0.25) is 4.79 Å². The molecule has 3 aromatic carbocycles. The number of nitrogens with zero attached hydrogens (tertiary/aromatic N) is 3. The van der Waals surface area contributed by atoms with Gasteiger partial charge in [0.25, 0.3) is 5.91 Å². The minimum atomic E-state index is -0.632. The van der Waals surface area contributed by atoms with Crippen molar-refractivity contribution >= 4 is 45.3 Å². The Balaban J connectivity index is 1.91. The van der Waals surface area contributed by atoms with Crippen LogP contribution in [0.3, 0.4) is 0 Å². The highest BCUT2D eigenvalue weighted by Crippen LogP contribution is 2.44. The molecule has 0 N–H and O–H groups in total. The summed E-state index contributed by atoms with van der Waals surface area (Å²) in [6.45, 7) is 9.74. The van der Waals surface area contributed by atoms with Crippen LogP contribution in [-0.2, 0) is 4.74 Å². The third-order valence-corrected chi connectivity index (χ3v) is 7.13. The number of hydrogen-bond donors (Lipinski definition) is 0. The molecule has 0 atom stereocenters. The van der Waals surface area contributed by atoms with Gasteiger partial charge < -0.3 is 9.30 Å². The number of rotatable bonds is 4. The summed E-state index contributed by atoms with van der Waals surface area (Å²) < 4.78 is 22.3. The molecule has 5 aromatic rings. The van der Waals surface area contributed by atoms with Crippen LogP contribution in [0, 0.1) is 11.2 Å². The molecule has 2 aromatic heterocycles. The van der Waals surface area contributed by atoms with E-state index in [1.54, 1.807) is 30.5 Å². The number of methoxy groups -OCH3 is 1. The van der Waals surface area contributed by atoms with Gasteiger partial charge in [0.2, 0.25) is 0 Å². The molecule has 2 heterocycles. The van der Waals surface area contributed by atoms with E-state index in [2.05, 4.69) is 23.5 Å². The quantitative estimate of drug-likeness (QED) is 0.214. The fourth-order valence-electron chi connectivity index (χ4n) is 4.97. The van der Waals surface area contributed by atoms with E-state index >= 15 is 0 Å². The average Bonchev–Trinajstić information content (AvgIpc) is 3.45. The molecule has 0 spiro atoms. The maximum atomic E-state index is 13.9. The fraction of sp³-hybridized carbons (Fsp3) is 0.258. The number of carbonyl (C=O) groups excluding carboxylic acids is 2. The van der Waals surface area contributed by atoms with Crippen molar-refractivity contribution in [1.82, 2.24) is 14.3 Å². The van der Waals surface area contributed by atoms with E-state index in [1.165, 1.54) is 23.9 Å². The summed E-state index contributed by atoms with van der Waals surface area (Å²) in [7, 11) is 1.32. The second kappa shape index (κ2) is 9.65. The normalized spacial score (nSPS) is 12.0. The fourth-order valence-corrected chi connectivity index (χ4v) is 5.24. The maximum absolute atomic E-state index is 13.9. The zero-order valence-electron chi connectivity index (χ0n) is 22.7. The Kier molecular flexibility index (Phi) is 6.59. The van der Waals surface area contributed by atoms with Gasteiger partial charge in [-0.2, -0.15) is 9.78 Å². The maximum Gasteiger partial charge on any atom is 0.337 e. The first kappa shape index (κ1) is 26.6. The third kappa shape index (κ3) is 4.51. The van der Waals surface area contributed by atoms with E-state index in [1.807, 2.05) is 39.0 Å². The Morgan fingerprint density at radius 1 is 1.00 bits per heavy atom. The second-order valence-electron chi connectivity index (χ2n) is 11.0. The van der Waals surface area contributed by atoms with Crippen molar-refractivity contribution in [2.75, 3.05) is 7.11 Å². The summed E-state index contributed by atoms with van der Waals surface area (Å²) in [6.07, 6.45) is 1.69. The van der Waals surface area contributed by atoms with E-state index in [0.717, 1.165) is 38.8 Å². The smallest absolute Gasteiger partial charge is 0.337 e. The number of fused-ring (bicyclic) bond motifs is 2. The SMILES string of the molecule is COC(=O)c1ccc(-c2c(C(C)C)n(-c3ccc(F)cc3)c3cc4cnn(C(=O)C(C)(C)C)c4cc23)c(Cl)c1. The van der Waals surface area contributed by atoms with Crippen LogP contribution >= 0.6 is 11.6 Å². The summed E-state index contributed by atoms with van der Waals surface area (Å²) in [5.41, 5.74) is 4.59. The topological polar surface area (TPSA) is 66.1 Å². The molecule has 0 aliphatic heterocycles. The van der Waals surface area contributed by atoms with Gasteiger partial charge in [0.05, 0.1) is 29.9 Å². The van der Waals surface area contributed by atoms with Gasteiger partial charge in [-0.25, -0.2) is 9.18 Å². The molecule has 39 heavy (non-hydrogen) atoms. The molecule has 0 aliphatic rings. The first-order valence-corrected chi connectivity index (χ1v) is 13.0. The number of esters is 1.